The summed E-state index contributed by atoms with van der Waals surface area (Å²) >= 11 is 0. The molecule has 192 valence electrons. The van der Waals surface area contributed by atoms with Crippen molar-refractivity contribution in [2.75, 3.05) is 11.9 Å². The summed E-state index contributed by atoms with van der Waals surface area (Å²) in [6.07, 6.45) is 1.09. The zero-order chi connectivity index (χ0) is 26.4. The largest absolute Gasteiger partial charge is 0.345 e. The Bertz CT molecular complexity index is 1170. The Labute approximate surface area is 210 Å². The zero-order valence-electron chi connectivity index (χ0n) is 21.0. The van der Waals surface area contributed by atoms with Gasteiger partial charge in [-0.1, -0.05) is 30.3 Å². The van der Waals surface area contributed by atoms with E-state index in [2.05, 4.69) is 21.3 Å². The first-order chi connectivity index (χ1) is 17.1. The molecule has 36 heavy (non-hydrogen) atoms. The Kier molecular flexibility index (Phi) is 8.63. The van der Waals surface area contributed by atoms with Crippen LogP contribution in [0, 0.1) is 0 Å². The number of nitrogens with zero attached hydrogens (tertiary/aromatic N) is 1. The van der Waals surface area contributed by atoms with Gasteiger partial charge in [0.25, 0.3) is 0 Å². The number of fused-ring (bicyclic) bond motifs is 1. The fraction of sp³-hybridized carbons (Fsp3) is 0.423. The number of carbonyl (C=O) groups is 5. The molecular formula is C26H33N5O5. The van der Waals surface area contributed by atoms with Gasteiger partial charge in [0.1, 0.15) is 24.2 Å². The van der Waals surface area contributed by atoms with Crippen LogP contribution in [-0.4, -0.2) is 65.1 Å². The van der Waals surface area contributed by atoms with Crippen LogP contribution in [0.3, 0.4) is 0 Å². The second-order valence-electron chi connectivity index (χ2n) is 9.12. The van der Waals surface area contributed by atoms with Gasteiger partial charge in [-0.3, -0.25) is 24.0 Å². The van der Waals surface area contributed by atoms with E-state index >= 15 is 0 Å². The molecule has 0 bridgehead atoms. The molecule has 1 heterocycles. The molecule has 2 aromatic rings. The fourth-order valence-corrected chi connectivity index (χ4v) is 4.22. The maximum Gasteiger partial charge on any atom is 0.246 e. The maximum absolute atomic E-state index is 13.0. The van der Waals surface area contributed by atoms with Gasteiger partial charge in [-0.05, 0) is 56.5 Å². The van der Waals surface area contributed by atoms with Crippen molar-refractivity contribution in [2.45, 2.75) is 64.7 Å². The van der Waals surface area contributed by atoms with Gasteiger partial charge in [0.2, 0.25) is 29.5 Å². The molecule has 0 aromatic heterocycles. The third kappa shape index (κ3) is 6.59. The number of likely N-dealkylation sites (tertiary alicyclic amines) is 1. The fourth-order valence-electron chi connectivity index (χ4n) is 4.22. The van der Waals surface area contributed by atoms with E-state index in [0.29, 0.717) is 25.1 Å². The van der Waals surface area contributed by atoms with E-state index in [9.17, 15) is 24.0 Å². The predicted octanol–water partition coefficient (Wildman–Crippen LogP) is 1.30. The van der Waals surface area contributed by atoms with Gasteiger partial charge in [-0.25, -0.2) is 0 Å². The molecule has 4 atom stereocenters. The molecule has 10 nitrogen and oxygen atoms in total. The minimum atomic E-state index is -0.879. The van der Waals surface area contributed by atoms with Crippen LogP contribution in [0.25, 0.3) is 10.8 Å². The Balaban J connectivity index is 1.56. The van der Waals surface area contributed by atoms with E-state index < -0.39 is 41.9 Å². The predicted molar refractivity (Wildman–Crippen MR) is 136 cm³/mol. The van der Waals surface area contributed by atoms with E-state index in [0.717, 1.165) is 10.8 Å². The van der Waals surface area contributed by atoms with Crippen LogP contribution in [0.15, 0.2) is 42.5 Å². The average molecular weight is 496 g/mol. The molecule has 0 saturated carbocycles. The van der Waals surface area contributed by atoms with Gasteiger partial charge >= 0.3 is 0 Å². The number of hydrogen-bond acceptors (Lipinski definition) is 5. The van der Waals surface area contributed by atoms with Crippen molar-refractivity contribution in [3.05, 3.63) is 42.5 Å². The monoisotopic (exact) mass is 495 g/mol. The topological polar surface area (TPSA) is 137 Å². The Morgan fingerprint density at radius 3 is 2.19 bits per heavy atom. The lowest BCUT2D eigenvalue weighted by Gasteiger charge is -2.28. The molecule has 1 aliphatic rings. The Hall–Kier alpha value is -3.95. The van der Waals surface area contributed by atoms with E-state index in [1.807, 2.05) is 36.4 Å². The van der Waals surface area contributed by atoms with Crippen molar-refractivity contribution in [1.82, 2.24) is 20.9 Å². The van der Waals surface area contributed by atoms with Crippen LogP contribution in [0.1, 0.15) is 40.5 Å². The summed E-state index contributed by atoms with van der Waals surface area (Å²) in [5, 5.41) is 12.6. The maximum atomic E-state index is 13.0. The molecule has 0 unspecified atom stereocenters. The van der Waals surface area contributed by atoms with E-state index in [4.69, 9.17) is 0 Å². The molecule has 1 fully saturated rings. The molecular weight excluding hydrogens is 462 g/mol. The van der Waals surface area contributed by atoms with Crippen LogP contribution < -0.4 is 21.3 Å². The van der Waals surface area contributed by atoms with E-state index in [1.165, 1.54) is 25.7 Å². The van der Waals surface area contributed by atoms with Gasteiger partial charge in [0.15, 0.2) is 0 Å². The number of carbonyl (C=O) groups excluding carboxylic acids is 5. The van der Waals surface area contributed by atoms with Crippen molar-refractivity contribution in [2.24, 2.45) is 0 Å². The van der Waals surface area contributed by atoms with Crippen LogP contribution in [-0.2, 0) is 24.0 Å². The van der Waals surface area contributed by atoms with Crippen molar-refractivity contribution in [3.8, 4) is 0 Å². The highest BCUT2D eigenvalue weighted by molar-refractivity contribution is 6.00. The van der Waals surface area contributed by atoms with Gasteiger partial charge in [0, 0.05) is 19.2 Å². The Morgan fingerprint density at radius 1 is 0.833 bits per heavy atom. The standard InChI is InChI=1S/C26H33N5O5/c1-15(27-18(4)32)23(33)29-17(3)26(36)31-13-7-10-22(31)25(35)28-16(2)24(34)30-21-12-11-19-8-5-6-9-20(19)14-21/h5-6,8-9,11-12,14-17,22H,7,10,13H2,1-4H3,(H,27,32)(H,28,35)(H,29,33)(H,30,34)/t15-,16-,17-,22-/m0/s1. The summed E-state index contributed by atoms with van der Waals surface area (Å²) in [5.74, 6) is -2.05. The lowest BCUT2D eigenvalue weighted by molar-refractivity contribution is -0.141. The van der Waals surface area contributed by atoms with Crippen LogP contribution in [0.4, 0.5) is 5.69 Å². The summed E-state index contributed by atoms with van der Waals surface area (Å²) in [6, 6.07) is 10.1. The highest BCUT2D eigenvalue weighted by Crippen LogP contribution is 2.20. The number of amides is 5. The van der Waals surface area contributed by atoms with Crippen molar-refractivity contribution >= 4 is 46.0 Å². The number of rotatable bonds is 8. The Morgan fingerprint density at radius 2 is 1.50 bits per heavy atom. The van der Waals surface area contributed by atoms with Crippen molar-refractivity contribution in [3.63, 3.8) is 0 Å². The minimum absolute atomic E-state index is 0.355. The van der Waals surface area contributed by atoms with Gasteiger partial charge in [0.05, 0.1) is 0 Å². The quantitative estimate of drug-likeness (QED) is 0.438. The molecule has 0 aliphatic carbocycles. The molecule has 1 aliphatic heterocycles. The average Bonchev–Trinajstić information content (AvgIpc) is 3.33. The number of nitrogens with one attached hydrogen (secondary N) is 4. The van der Waals surface area contributed by atoms with E-state index in [1.54, 1.807) is 13.0 Å². The van der Waals surface area contributed by atoms with Gasteiger partial charge in [-0.15, -0.1) is 0 Å². The molecule has 1 saturated heterocycles. The summed E-state index contributed by atoms with van der Waals surface area (Å²) in [6.45, 7) is 6.31. The first-order valence-electron chi connectivity index (χ1n) is 12.0. The second-order valence-corrected chi connectivity index (χ2v) is 9.12. The van der Waals surface area contributed by atoms with E-state index in [-0.39, 0.29) is 11.8 Å². The number of benzene rings is 2. The van der Waals surface area contributed by atoms with Gasteiger partial charge < -0.3 is 26.2 Å². The normalized spacial score (nSPS) is 17.6. The SMILES string of the molecule is CC(=O)N[C@@H](C)C(=O)N[C@@H](C)C(=O)N1CCC[C@H]1C(=O)N[C@@H](C)C(=O)Nc1ccc2ccccc2c1. The highest BCUT2D eigenvalue weighted by Gasteiger charge is 2.37. The second kappa shape index (κ2) is 11.7. The lowest BCUT2D eigenvalue weighted by Crippen LogP contribution is -2.56. The van der Waals surface area contributed by atoms with Crippen molar-refractivity contribution in [1.29, 1.82) is 0 Å². The minimum Gasteiger partial charge on any atom is -0.345 e. The summed E-state index contributed by atoms with van der Waals surface area (Å²) in [4.78, 5) is 63.5. The molecule has 5 amide bonds. The molecule has 10 heteroatoms. The molecule has 0 spiro atoms. The van der Waals surface area contributed by atoms with Crippen LogP contribution in [0.5, 0.6) is 0 Å². The van der Waals surface area contributed by atoms with Crippen molar-refractivity contribution < 1.29 is 24.0 Å². The highest BCUT2D eigenvalue weighted by atomic mass is 16.2. The third-order valence-electron chi connectivity index (χ3n) is 6.15. The third-order valence-corrected chi connectivity index (χ3v) is 6.15. The molecule has 0 radical (unpaired) electrons. The number of hydrogen-bond donors (Lipinski definition) is 4. The van der Waals surface area contributed by atoms with Crippen LogP contribution in [0.2, 0.25) is 0 Å². The zero-order valence-corrected chi connectivity index (χ0v) is 21.0. The summed E-state index contributed by atoms with van der Waals surface area (Å²) in [5.41, 5.74) is 0.621. The molecule has 3 rings (SSSR count). The van der Waals surface area contributed by atoms with Gasteiger partial charge in [-0.2, -0.15) is 0 Å². The molecule has 2 aromatic carbocycles. The first kappa shape index (κ1) is 26.7. The smallest absolute Gasteiger partial charge is 0.246 e. The van der Waals surface area contributed by atoms with Crippen LogP contribution >= 0.6 is 0 Å². The summed E-state index contributed by atoms with van der Waals surface area (Å²) in [7, 11) is 0. The lowest BCUT2D eigenvalue weighted by atomic mass is 10.1. The molecule has 4 N–H and O–H groups in total. The first-order valence-corrected chi connectivity index (χ1v) is 12.0. The summed E-state index contributed by atoms with van der Waals surface area (Å²) < 4.78 is 0. The number of anilines is 1.